The van der Waals surface area contributed by atoms with E-state index in [9.17, 15) is 4.79 Å². The molecule has 0 aliphatic carbocycles. The molecule has 7 heteroatoms. The van der Waals surface area contributed by atoms with E-state index in [0.717, 1.165) is 31.3 Å². The Kier molecular flexibility index (Phi) is 8.76. The van der Waals surface area contributed by atoms with Crippen molar-refractivity contribution in [1.82, 2.24) is 20.9 Å². The third-order valence-corrected chi connectivity index (χ3v) is 5.15. The van der Waals surface area contributed by atoms with Crippen molar-refractivity contribution in [3.05, 3.63) is 29.8 Å². The van der Waals surface area contributed by atoms with Gasteiger partial charge in [0.15, 0.2) is 5.96 Å². The summed E-state index contributed by atoms with van der Waals surface area (Å²) in [6, 6.07) is 8.44. The molecule has 2 rings (SSSR count). The summed E-state index contributed by atoms with van der Waals surface area (Å²) in [6.45, 7) is 9.81. The van der Waals surface area contributed by atoms with Crippen LogP contribution in [0.3, 0.4) is 0 Å². The van der Waals surface area contributed by atoms with Crippen molar-refractivity contribution in [3.63, 3.8) is 0 Å². The molecule has 1 unspecified atom stereocenters. The number of amides is 1. The van der Waals surface area contributed by atoms with E-state index >= 15 is 0 Å². The highest BCUT2D eigenvalue weighted by Crippen LogP contribution is 2.31. The van der Waals surface area contributed by atoms with Crippen molar-refractivity contribution in [2.24, 2.45) is 10.4 Å². The molecule has 1 atom stereocenters. The summed E-state index contributed by atoms with van der Waals surface area (Å²) in [6.07, 6.45) is 2.46. The smallest absolute Gasteiger partial charge is 0.225 e. The summed E-state index contributed by atoms with van der Waals surface area (Å²) in [5, 5.41) is 9.66. The largest absolute Gasteiger partial charge is 0.496 e. The molecule has 1 amide bonds. The van der Waals surface area contributed by atoms with Crippen LogP contribution in [0.1, 0.15) is 45.2 Å². The number of nitrogens with zero attached hydrogens (tertiary/aromatic N) is 2. The normalized spacial score (nSPS) is 16.4. The van der Waals surface area contributed by atoms with Gasteiger partial charge in [0.05, 0.1) is 13.2 Å². The maximum absolute atomic E-state index is 12.0. The van der Waals surface area contributed by atoms with Crippen LogP contribution < -0.4 is 20.7 Å². The van der Waals surface area contributed by atoms with Crippen LogP contribution in [0.5, 0.6) is 5.75 Å². The molecule has 1 aliphatic heterocycles. The number of ether oxygens (including phenoxy) is 1. The number of hydrogen-bond donors (Lipinski definition) is 3. The molecule has 1 heterocycles. The monoisotopic (exact) mass is 403 g/mol. The second-order valence-corrected chi connectivity index (χ2v) is 8.39. The first-order chi connectivity index (χ1) is 13.9. The Balaban J connectivity index is 1.92. The first-order valence-corrected chi connectivity index (χ1v) is 10.5. The van der Waals surface area contributed by atoms with Gasteiger partial charge >= 0.3 is 0 Å². The summed E-state index contributed by atoms with van der Waals surface area (Å²) in [4.78, 5) is 18.8. The molecule has 7 nitrogen and oxygen atoms in total. The molecule has 29 heavy (non-hydrogen) atoms. The molecular formula is C22H37N5O2. The zero-order valence-corrected chi connectivity index (χ0v) is 18.5. The molecule has 0 radical (unpaired) electrons. The zero-order valence-electron chi connectivity index (χ0n) is 18.5. The standard InChI is InChI=1S/C22H37N5O2/c1-22(2,3)20(28)24-12-13-25-21(23-4)26-16-18(27-14-8-9-15-27)17-10-6-7-11-19(17)29-5/h6-7,10-11,18H,8-9,12-16H2,1-5H3,(H,24,28)(H2,23,25,26). The predicted molar refractivity (Wildman–Crippen MR) is 118 cm³/mol. The molecule has 1 aliphatic rings. The Morgan fingerprint density at radius 1 is 1.14 bits per heavy atom. The highest BCUT2D eigenvalue weighted by atomic mass is 16.5. The van der Waals surface area contributed by atoms with Crippen LogP contribution in [-0.2, 0) is 4.79 Å². The van der Waals surface area contributed by atoms with E-state index in [2.05, 4.69) is 38.0 Å². The summed E-state index contributed by atoms with van der Waals surface area (Å²) in [5.41, 5.74) is 0.815. The summed E-state index contributed by atoms with van der Waals surface area (Å²) in [5.74, 6) is 1.70. The summed E-state index contributed by atoms with van der Waals surface area (Å²) < 4.78 is 5.61. The van der Waals surface area contributed by atoms with Gasteiger partial charge in [-0.3, -0.25) is 14.7 Å². The van der Waals surface area contributed by atoms with Crippen molar-refractivity contribution in [1.29, 1.82) is 0 Å². The average Bonchev–Trinajstić information content (AvgIpc) is 3.23. The highest BCUT2D eigenvalue weighted by molar-refractivity contribution is 5.81. The Hall–Kier alpha value is -2.28. The molecular weight excluding hydrogens is 366 g/mol. The van der Waals surface area contributed by atoms with Gasteiger partial charge in [-0.2, -0.15) is 0 Å². The van der Waals surface area contributed by atoms with E-state index in [1.807, 2.05) is 32.9 Å². The minimum Gasteiger partial charge on any atom is -0.496 e. The lowest BCUT2D eigenvalue weighted by Crippen LogP contribution is -2.45. The van der Waals surface area contributed by atoms with E-state index in [0.29, 0.717) is 13.1 Å². The van der Waals surface area contributed by atoms with E-state index in [1.54, 1.807) is 14.2 Å². The molecule has 0 spiro atoms. The third-order valence-electron chi connectivity index (χ3n) is 5.15. The van der Waals surface area contributed by atoms with E-state index in [4.69, 9.17) is 4.74 Å². The van der Waals surface area contributed by atoms with Gasteiger partial charge in [-0.15, -0.1) is 0 Å². The molecule has 0 saturated carbocycles. The predicted octanol–water partition coefficient (Wildman–Crippen LogP) is 2.16. The molecule has 1 saturated heterocycles. The van der Waals surface area contributed by atoms with Gasteiger partial charge in [0.1, 0.15) is 5.75 Å². The van der Waals surface area contributed by atoms with Gasteiger partial charge in [-0.25, -0.2) is 0 Å². The Labute approximate surface area is 175 Å². The lowest BCUT2D eigenvalue weighted by Gasteiger charge is -2.30. The number of carbonyl (C=O) groups is 1. The fraction of sp³-hybridized carbons (Fsp3) is 0.636. The van der Waals surface area contributed by atoms with E-state index in [1.165, 1.54) is 18.4 Å². The number of hydrogen-bond acceptors (Lipinski definition) is 4. The molecule has 0 aromatic heterocycles. The molecule has 1 aromatic rings. The van der Waals surface area contributed by atoms with Crippen molar-refractivity contribution in [2.45, 2.75) is 39.7 Å². The lowest BCUT2D eigenvalue weighted by molar-refractivity contribution is -0.128. The number of guanidine groups is 1. The van der Waals surface area contributed by atoms with Crippen LogP contribution in [0, 0.1) is 5.41 Å². The van der Waals surface area contributed by atoms with Gasteiger partial charge in [0.2, 0.25) is 5.91 Å². The molecule has 162 valence electrons. The van der Waals surface area contributed by atoms with Gasteiger partial charge in [0, 0.05) is 37.7 Å². The Bertz CT molecular complexity index is 678. The van der Waals surface area contributed by atoms with Crippen LogP contribution in [0.2, 0.25) is 0 Å². The van der Waals surface area contributed by atoms with Gasteiger partial charge in [-0.05, 0) is 32.0 Å². The lowest BCUT2D eigenvalue weighted by atomic mass is 9.96. The number of nitrogens with one attached hydrogen (secondary N) is 3. The van der Waals surface area contributed by atoms with Crippen LogP contribution in [0.25, 0.3) is 0 Å². The number of aliphatic imine (C=N–C) groups is 1. The topological polar surface area (TPSA) is 78.0 Å². The van der Waals surface area contributed by atoms with Crippen LogP contribution >= 0.6 is 0 Å². The van der Waals surface area contributed by atoms with Crippen molar-refractivity contribution >= 4 is 11.9 Å². The van der Waals surface area contributed by atoms with Crippen LogP contribution in [-0.4, -0.2) is 63.6 Å². The zero-order chi connectivity index (χ0) is 21.3. The molecule has 3 N–H and O–H groups in total. The Morgan fingerprint density at radius 2 is 1.79 bits per heavy atom. The SMILES string of the molecule is CN=C(NCCNC(=O)C(C)(C)C)NCC(c1ccccc1OC)N1CCCC1. The minimum atomic E-state index is -0.377. The van der Waals surface area contributed by atoms with E-state index in [-0.39, 0.29) is 17.4 Å². The first kappa shape index (κ1) is 23.0. The maximum Gasteiger partial charge on any atom is 0.225 e. The number of methoxy groups -OCH3 is 1. The maximum atomic E-state index is 12.0. The number of likely N-dealkylation sites (tertiary alicyclic amines) is 1. The molecule has 1 fully saturated rings. The molecule has 0 bridgehead atoms. The number of carbonyl (C=O) groups excluding carboxylic acids is 1. The van der Waals surface area contributed by atoms with Crippen LogP contribution in [0.4, 0.5) is 0 Å². The van der Waals surface area contributed by atoms with Crippen LogP contribution in [0.15, 0.2) is 29.3 Å². The first-order valence-electron chi connectivity index (χ1n) is 10.5. The fourth-order valence-electron chi connectivity index (χ4n) is 3.47. The van der Waals surface area contributed by atoms with E-state index < -0.39 is 0 Å². The van der Waals surface area contributed by atoms with Crippen molar-refractivity contribution in [2.75, 3.05) is 46.9 Å². The average molecular weight is 404 g/mol. The molecule has 1 aromatic carbocycles. The highest BCUT2D eigenvalue weighted by Gasteiger charge is 2.26. The van der Waals surface area contributed by atoms with Crippen molar-refractivity contribution in [3.8, 4) is 5.75 Å². The van der Waals surface area contributed by atoms with Gasteiger partial charge < -0.3 is 20.7 Å². The van der Waals surface area contributed by atoms with Gasteiger partial charge in [-0.1, -0.05) is 39.0 Å². The second kappa shape index (κ2) is 11.0. The summed E-state index contributed by atoms with van der Waals surface area (Å²) in [7, 11) is 3.48. The minimum absolute atomic E-state index is 0.0486. The number of benzene rings is 1. The van der Waals surface area contributed by atoms with Crippen molar-refractivity contribution < 1.29 is 9.53 Å². The fourth-order valence-corrected chi connectivity index (χ4v) is 3.47. The summed E-state index contributed by atoms with van der Waals surface area (Å²) >= 11 is 0. The second-order valence-electron chi connectivity index (χ2n) is 8.39. The third kappa shape index (κ3) is 6.92. The Morgan fingerprint density at radius 3 is 2.41 bits per heavy atom. The van der Waals surface area contributed by atoms with Gasteiger partial charge in [0.25, 0.3) is 0 Å². The number of rotatable bonds is 8. The number of para-hydroxylation sites is 1. The quantitative estimate of drug-likeness (QED) is 0.352.